The molecule has 0 saturated heterocycles. The maximum Gasteiger partial charge on any atom is 0.101 e. The van der Waals surface area contributed by atoms with Crippen molar-refractivity contribution >= 4 is 0 Å². The van der Waals surface area contributed by atoms with Gasteiger partial charge in [-0.25, -0.2) is 0 Å². The highest BCUT2D eigenvalue weighted by molar-refractivity contribution is 5.29. The van der Waals surface area contributed by atoms with Gasteiger partial charge in [0.2, 0.25) is 0 Å². The molecule has 0 unspecified atom stereocenters. The van der Waals surface area contributed by atoms with Gasteiger partial charge in [-0.2, -0.15) is 0 Å². The number of rotatable bonds is 12. The molecule has 27 heavy (non-hydrogen) atoms. The topological polar surface area (TPSA) is 9.23 Å². The van der Waals surface area contributed by atoms with Crippen LogP contribution in [0.1, 0.15) is 36.8 Å². The summed E-state index contributed by atoms with van der Waals surface area (Å²) in [7, 11) is 0. The molecule has 2 rings (SSSR count). The van der Waals surface area contributed by atoms with Crippen LogP contribution >= 0.6 is 0 Å². The Balaban J connectivity index is 2.64. The van der Waals surface area contributed by atoms with Gasteiger partial charge in [-0.15, -0.1) is 26.3 Å². The number of hydrogen-bond donors (Lipinski definition) is 0. The second-order valence-corrected chi connectivity index (χ2v) is 6.79. The highest BCUT2D eigenvalue weighted by Crippen LogP contribution is 2.45. The molecule has 0 aliphatic rings. The lowest BCUT2D eigenvalue weighted by Gasteiger charge is -2.44. The fourth-order valence-corrected chi connectivity index (χ4v) is 3.71. The van der Waals surface area contributed by atoms with Gasteiger partial charge >= 0.3 is 0 Å². The first-order valence-corrected chi connectivity index (χ1v) is 9.41. The van der Waals surface area contributed by atoms with Gasteiger partial charge in [0.15, 0.2) is 0 Å². The van der Waals surface area contributed by atoms with Gasteiger partial charge in [0.05, 0.1) is 0 Å². The molecule has 0 saturated carbocycles. The van der Waals surface area contributed by atoms with Crippen LogP contribution in [0.15, 0.2) is 111 Å². The Morgan fingerprint density at radius 3 is 1.11 bits per heavy atom. The molecule has 2 aromatic carbocycles. The Hall–Kier alpha value is -2.64. The van der Waals surface area contributed by atoms with Crippen LogP contribution < -0.4 is 0 Å². The summed E-state index contributed by atoms with van der Waals surface area (Å²) >= 11 is 0. The van der Waals surface area contributed by atoms with E-state index >= 15 is 0 Å². The normalized spacial score (nSPS) is 11.6. The Bertz CT molecular complexity index is 657. The molecule has 0 heterocycles. The molecule has 0 radical (unpaired) electrons. The van der Waals surface area contributed by atoms with E-state index in [-0.39, 0.29) is 0 Å². The Labute approximate surface area is 164 Å². The first-order valence-electron chi connectivity index (χ1n) is 9.41. The molecule has 1 nitrogen and oxygen atoms in total. The second kappa shape index (κ2) is 9.89. The van der Waals surface area contributed by atoms with E-state index in [4.69, 9.17) is 4.74 Å². The fourth-order valence-electron chi connectivity index (χ4n) is 3.71. The van der Waals surface area contributed by atoms with Gasteiger partial charge in [0.25, 0.3) is 0 Å². The van der Waals surface area contributed by atoms with E-state index in [1.54, 1.807) is 0 Å². The third-order valence-corrected chi connectivity index (χ3v) is 4.89. The minimum absolute atomic E-state index is 0.549. The van der Waals surface area contributed by atoms with E-state index < -0.39 is 11.2 Å². The van der Waals surface area contributed by atoms with E-state index in [0.29, 0.717) is 25.7 Å². The maximum atomic E-state index is 7.07. The monoisotopic (exact) mass is 358 g/mol. The smallest absolute Gasteiger partial charge is 0.101 e. The van der Waals surface area contributed by atoms with Gasteiger partial charge in [-0.1, -0.05) is 85.0 Å². The van der Waals surface area contributed by atoms with Crippen molar-refractivity contribution < 1.29 is 4.74 Å². The molecule has 0 bridgehead atoms. The molecular formula is C26H30O. The zero-order chi connectivity index (χ0) is 19.6. The van der Waals surface area contributed by atoms with Gasteiger partial charge in [-0.05, 0) is 36.8 Å². The van der Waals surface area contributed by atoms with Crippen molar-refractivity contribution in [2.75, 3.05) is 0 Å². The van der Waals surface area contributed by atoms with Crippen LogP contribution in [0.25, 0.3) is 0 Å². The minimum atomic E-state index is -0.549. The average molecular weight is 359 g/mol. The van der Waals surface area contributed by atoms with Gasteiger partial charge in [0.1, 0.15) is 11.2 Å². The molecule has 0 N–H and O–H groups in total. The Morgan fingerprint density at radius 1 is 0.556 bits per heavy atom. The largest absolute Gasteiger partial charge is 0.358 e. The molecule has 140 valence electrons. The summed E-state index contributed by atoms with van der Waals surface area (Å²) in [5.41, 5.74) is 1.15. The minimum Gasteiger partial charge on any atom is -0.358 e. The van der Waals surface area contributed by atoms with Crippen LogP contribution in [0.5, 0.6) is 0 Å². The zero-order valence-corrected chi connectivity index (χ0v) is 16.1. The highest BCUT2D eigenvalue weighted by atomic mass is 16.5. The summed E-state index contributed by atoms with van der Waals surface area (Å²) in [5.74, 6) is 0. The van der Waals surface area contributed by atoms with Crippen LogP contribution in [-0.4, -0.2) is 0 Å². The van der Waals surface area contributed by atoms with Crippen LogP contribution in [-0.2, 0) is 15.9 Å². The molecule has 1 heteroatoms. The summed E-state index contributed by atoms with van der Waals surface area (Å²) in [6.07, 6.45) is 10.4. The van der Waals surface area contributed by atoms with Crippen LogP contribution in [0.2, 0.25) is 0 Å². The molecule has 0 spiro atoms. The highest BCUT2D eigenvalue weighted by Gasteiger charge is 2.41. The number of hydrogen-bond acceptors (Lipinski definition) is 1. The zero-order valence-electron chi connectivity index (χ0n) is 16.1. The summed E-state index contributed by atoms with van der Waals surface area (Å²) in [6, 6.07) is 20.7. The summed E-state index contributed by atoms with van der Waals surface area (Å²) in [6.45, 7) is 16.0. The summed E-state index contributed by atoms with van der Waals surface area (Å²) in [5, 5.41) is 0. The van der Waals surface area contributed by atoms with Gasteiger partial charge in [0, 0.05) is 0 Å². The first kappa shape index (κ1) is 20.7. The third-order valence-electron chi connectivity index (χ3n) is 4.89. The third kappa shape index (κ3) is 4.75. The summed E-state index contributed by atoms with van der Waals surface area (Å²) < 4.78 is 7.07. The van der Waals surface area contributed by atoms with Crippen molar-refractivity contribution in [1.29, 1.82) is 0 Å². The lowest BCUT2D eigenvalue weighted by atomic mass is 9.81. The van der Waals surface area contributed by atoms with Gasteiger partial charge in [-0.3, -0.25) is 0 Å². The van der Waals surface area contributed by atoms with E-state index in [1.807, 2.05) is 60.7 Å². The van der Waals surface area contributed by atoms with E-state index in [1.165, 1.54) is 0 Å². The molecular weight excluding hydrogens is 328 g/mol. The molecule has 2 aromatic rings. The molecule has 0 amide bonds. The van der Waals surface area contributed by atoms with Crippen molar-refractivity contribution in [3.8, 4) is 0 Å². The SMILES string of the molecule is C=CCC(CC=C)(OC(CC=C)(CC=C)c1ccccc1)c1ccccc1. The fraction of sp³-hybridized carbons (Fsp3) is 0.231. The lowest BCUT2D eigenvalue weighted by molar-refractivity contribution is -0.165. The van der Waals surface area contributed by atoms with Crippen molar-refractivity contribution in [3.63, 3.8) is 0 Å². The van der Waals surface area contributed by atoms with Crippen LogP contribution in [0.3, 0.4) is 0 Å². The Morgan fingerprint density at radius 2 is 0.852 bits per heavy atom. The van der Waals surface area contributed by atoms with Crippen molar-refractivity contribution in [1.82, 2.24) is 0 Å². The second-order valence-electron chi connectivity index (χ2n) is 6.79. The molecule has 0 aliphatic carbocycles. The molecule has 0 fully saturated rings. The Kier molecular flexibility index (Phi) is 7.57. The predicted molar refractivity (Wildman–Crippen MR) is 117 cm³/mol. The van der Waals surface area contributed by atoms with E-state index in [9.17, 15) is 0 Å². The maximum absolute atomic E-state index is 7.07. The van der Waals surface area contributed by atoms with E-state index in [2.05, 4.69) is 50.6 Å². The molecule has 0 atom stereocenters. The van der Waals surface area contributed by atoms with Crippen molar-refractivity contribution in [3.05, 3.63) is 122 Å². The van der Waals surface area contributed by atoms with Crippen LogP contribution in [0, 0.1) is 0 Å². The number of ether oxygens (including phenoxy) is 1. The lowest BCUT2D eigenvalue weighted by Crippen LogP contribution is -2.40. The van der Waals surface area contributed by atoms with Crippen LogP contribution in [0.4, 0.5) is 0 Å². The average Bonchev–Trinajstić information content (AvgIpc) is 2.70. The van der Waals surface area contributed by atoms with Crippen molar-refractivity contribution in [2.45, 2.75) is 36.9 Å². The van der Waals surface area contributed by atoms with Crippen molar-refractivity contribution in [2.24, 2.45) is 0 Å². The predicted octanol–water partition coefficient (Wildman–Crippen LogP) is 7.10. The summed E-state index contributed by atoms with van der Waals surface area (Å²) in [4.78, 5) is 0. The first-order chi connectivity index (χ1) is 13.2. The quantitative estimate of drug-likeness (QED) is 0.368. The number of benzene rings is 2. The molecule has 0 aromatic heterocycles. The van der Waals surface area contributed by atoms with Gasteiger partial charge < -0.3 is 4.74 Å². The standard InChI is InChI=1S/C26H30O/c1-5-19-25(20-6-2,23-15-11-9-12-16-23)27-26(21-7-3,22-8-4)24-17-13-10-14-18-24/h5-18H,1-4,19-22H2. The van der Waals surface area contributed by atoms with E-state index in [0.717, 1.165) is 11.1 Å². The molecule has 0 aliphatic heterocycles.